The van der Waals surface area contributed by atoms with Crippen molar-refractivity contribution in [3.05, 3.63) is 76.2 Å². The lowest BCUT2D eigenvalue weighted by Gasteiger charge is -2.04. The molecule has 0 spiro atoms. The summed E-state index contributed by atoms with van der Waals surface area (Å²) in [5, 5.41) is 3.08. The molecule has 0 saturated heterocycles. The molecule has 24 heavy (non-hydrogen) atoms. The van der Waals surface area contributed by atoms with Gasteiger partial charge in [-0.25, -0.2) is 14.4 Å². The predicted octanol–water partition coefficient (Wildman–Crippen LogP) is 3.10. The minimum atomic E-state index is -0.411. The molecule has 0 atom stereocenters. The van der Waals surface area contributed by atoms with E-state index < -0.39 is 5.82 Å². The molecule has 3 heterocycles. The van der Waals surface area contributed by atoms with Crippen molar-refractivity contribution in [2.45, 2.75) is 6.54 Å². The monoisotopic (exact) mass is 338 g/mol. The van der Waals surface area contributed by atoms with Crippen molar-refractivity contribution in [1.29, 1.82) is 0 Å². The highest BCUT2D eigenvalue weighted by Gasteiger charge is 2.09. The smallest absolute Gasteiger partial charge is 0.261 e. The average molecular weight is 338 g/mol. The number of hydrogen-bond acceptors (Lipinski definition) is 5. The number of halogens is 1. The summed E-state index contributed by atoms with van der Waals surface area (Å²) in [5.74, 6) is -0.411. The Balaban J connectivity index is 1.68. The molecule has 0 saturated carbocycles. The second kappa shape index (κ2) is 5.93. The Morgan fingerprint density at radius 3 is 2.92 bits per heavy atom. The van der Waals surface area contributed by atoms with Crippen LogP contribution in [0.1, 0.15) is 5.69 Å². The second-order valence-corrected chi connectivity index (χ2v) is 6.06. The number of thiazole rings is 1. The number of benzene rings is 1. The molecule has 0 aliphatic carbocycles. The van der Waals surface area contributed by atoms with Crippen molar-refractivity contribution in [3.8, 4) is 10.7 Å². The molecule has 0 aliphatic rings. The van der Waals surface area contributed by atoms with Crippen LogP contribution in [0, 0.1) is 5.82 Å². The fourth-order valence-corrected chi connectivity index (χ4v) is 3.19. The van der Waals surface area contributed by atoms with Gasteiger partial charge in [0.25, 0.3) is 5.56 Å². The molecule has 0 unspecified atom stereocenters. The van der Waals surface area contributed by atoms with E-state index in [4.69, 9.17) is 0 Å². The van der Waals surface area contributed by atoms with Crippen LogP contribution in [-0.2, 0) is 6.54 Å². The van der Waals surface area contributed by atoms with Crippen molar-refractivity contribution < 1.29 is 4.39 Å². The van der Waals surface area contributed by atoms with Gasteiger partial charge >= 0.3 is 0 Å². The molecule has 0 aliphatic heterocycles. The summed E-state index contributed by atoms with van der Waals surface area (Å²) in [6.45, 7) is 0.308. The molecule has 4 aromatic rings. The van der Waals surface area contributed by atoms with E-state index in [-0.39, 0.29) is 5.56 Å². The average Bonchev–Trinajstić information content (AvgIpc) is 3.07. The van der Waals surface area contributed by atoms with E-state index in [9.17, 15) is 9.18 Å². The number of hydrogen-bond donors (Lipinski definition) is 0. The van der Waals surface area contributed by atoms with Gasteiger partial charge in [-0.15, -0.1) is 11.3 Å². The summed E-state index contributed by atoms with van der Waals surface area (Å²) in [4.78, 5) is 25.4. The number of pyridine rings is 1. The Hall–Kier alpha value is -2.93. The standard InChI is InChI=1S/C17H11FN4OS/c18-11-4-5-13-15(7-11)20-10-22(17(13)23)8-12-9-24-16(21-12)14-3-1-2-6-19-14/h1-7,9-10H,8H2. The van der Waals surface area contributed by atoms with E-state index in [1.54, 1.807) is 6.20 Å². The Kier molecular flexibility index (Phi) is 3.62. The zero-order valence-corrected chi connectivity index (χ0v) is 13.2. The molecular weight excluding hydrogens is 327 g/mol. The van der Waals surface area contributed by atoms with Gasteiger partial charge in [0.05, 0.1) is 35.2 Å². The molecule has 4 rings (SSSR count). The lowest BCUT2D eigenvalue weighted by Crippen LogP contribution is -2.21. The molecule has 0 fully saturated rings. The summed E-state index contributed by atoms with van der Waals surface area (Å²) in [5.41, 5.74) is 1.69. The van der Waals surface area contributed by atoms with Gasteiger partial charge in [-0.2, -0.15) is 0 Å². The third-order valence-corrected chi connectivity index (χ3v) is 4.47. The van der Waals surface area contributed by atoms with Gasteiger partial charge in [-0.05, 0) is 24.3 Å². The molecule has 1 aromatic carbocycles. The normalized spacial score (nSPS) is 11.0. The van der Waals surface area contributed by atoms with E-state index in [2.05, 4.69) is 15.0 Å². The zero-order valence-electron chi connectivity index (χ0n) is 12.4. The lowest BCUT2D eigenvalue weighted by atomic mass is 10.2. The van der Waals surface area contributed by atoms with Crippen LogP contribution in [0.4, 0.5) is 4.39 Å². The van der Waals surface area contributed by atoms with Gasteiger partial charge < -0.3 is 0 Å². The largest absolute Gasteiger partial charge is 0.293 e. The molecule has 0 bridgehead atoms. The first-order chi connectivity index (χ1) is 11.7. The highest BCUT2D eigenvalue weighted by molar-refractivity contribution is 7.13. The third-order valence-electron chi connectivity index (χ3n) is 3.56. The molecular formula is C17H11FN4OS. The quantitative estimate of drug-likeness (QED) is 0.576. The molecule has 0 amide bonds. The van der Waals surface area contributed by atoms with Gasteiger partial charge in [-0.1, -0.05) is 6.07 Å². The minimum absolute atomic E-state index is 0.215. The Bertz CT molecular complexity index is 1070. The van der Waals surface area contributed by atoms with E-state index in [0.717, 1.165) is 16.4 Å². The van der Waals surface area contributed by atoms with Crippen LogP contribution in [0.15, 0.2) is 59.1 Å². The zero-order chi connectivity index (χ0) is 16.5. The Labute approximate surface area is 140 Å². The van der Waals surface area contributed by atoms with Crippen molar-refractivity contribution in [3.63, 3.8) is 0 Å². The first kappa shape index (κ1) is 14.6. The van der Waals surface area contributed by atoms with Crippen LogP contribution in [0.5, 0.6) is 0 Å². The lowest BCUT2D eigenvalue weighted by molar-refractivity contribution is 0.629. The minimum Gasteiger partial charge on any atom is -0.293 e. The van der Waals surface area contributed by atoms with E-state index >= 15 is 0 Å². The third kappa shape index (κ3) is 2.69. The van der Waals surface area contributed by atoms with Gasteiger partial charge in [-0.3, -0.25) is 14.3 Å². The fourth-order valence-electron chi connectivity index (χ4n) is 2.41. The van der Waals surface area contributed by atoms with Crippen molar-refractivity contribution >= 4 is 22.2 Å². The molecule has 118 valence electrons. The maximum Gasteiger partial charge on any atom is 0.261 e. The van der Waals surface area contributed by atoms with Crippen LogP contribution in [0.3, 0.4) is 0 Å². The van der Waals surface area contributed by atoms with Crippen molar-refractivity contribution in [2.24, 2.45) is 0 Å². The summed E-state index contributed by atoms with van der Waals surface area (Å²) < 4.78 is 14.7. The summed E-state index contributed by atoms with van der Waals surface area (Å²) in [7, 11) is 0. The van der Waals surface area contributed by atoms with Gasteiger partial charge in [0.2, 0.25) is 0 Å². The van der Waals surface area contributed by atoms with Crippen molar-refractivity contribution in [2.75, 3.05) is 0 Å². The number of aromatic nitrogens is 4. The SMILES string of the molecule is O=c1c2ccc(F)cc2ncn1Cc1csc(-c2ccccn2)n1. The molecule has 7 heteroatoms. The highest BCUT2D eigenvalue weighted by atomic mass is 32.1. The topological polar surface area (TPSA) is 60.7 Å². The Morgan fingerprint density at radius 1 is 1.17 bits per heavy atom. The molecule has 0 radical (unpaired) electrons. The van der Waals surface area contributed by atoms with Gasteiger partial charge in [0, 0.05) is 17.6 Å². The highest BCUT2D eigenvalue weighted by Crippen LogP contribution is 2.21. The van der Waals surface area contributed by atoms with E-state index in [1.807, 2.05) is 23.6 Å². The van der Waals surface area contributed by atoms with Crippen LogP contribution in [-0.4, -0.2) is 19.5 Å². The van der Waals surface area contributed by atoms with Gasteiger partial charge in [0.15, 0.2) is 0 Å². The molecule has 3 aromatic heterocycles. The number of nitrogens with zero attached hydrogens (tertiary/aromatic N) is 4. The van der Waals surface area contributed by atoms with Crippen LogP contribution >= 0.6 is 11.3 Å². The summed E-state index contributed by atoms with van der Waals surface area (Å²) in [6.07, 6.45) is 3.14. The van der Waals surface area contributed by atoms with Crippen LogP contribution in [0.25, 0.3) is 21.6 Å². The fraction of sp³-hybridized carbons (Fsp3) is 0.0588. The van der Waals surface area contributed by atoms with Crippen LogP contribution in [0.2, 0.25) is 0 Å². The number of fused-ring (bicyclic) bond motifs is 1. The second-order valence-electron chi connectivity index (χ2n) is 5.20. The van der Waals surface area contributed by atoms with Crippen molar-refractivity contribution in [1.82, 2.24) is 19.5 Å². The first-order valence-electron chi connectivity index (χ1n) is 7.21. The number of rotatable bonds is 3. The molecule has 5 nitrogen and oxygen atoms in total. The molecule has 0 N–H and O–H groups in total. The predicted molar refractivity (Wildman–Crippen MR) is 90.4 cm³/mol. The Morgan fingerprint density at radius 2 is 2.08 bits per heavy atom. The first-order valence-corrected chi connectivity index (χ1v) is 8.09. The van der Waals surface area contributed by atoms with E-state index in [1.165, 1.54) is 40.4 Å². The van der Waals surface area contributed by atoms with Crippen LogP contribution < -0.4 is 5.56 Å². The summed E-state index contributed by atoms with van der Waals surface area (Å²) in [6, 6.07) is 9.61. The maximum atomic E-state index is 13.2. The van der Waals surface area contributed by atoms with E-state index in [0.29, 0.717) is 17.4 Å². The van der Waals surface area contributed by atoms with Gasteiger partial charge in [0.1, 0.15) is 10.8 Å². The summed E-state index contributed by atoms with van der Waals surface area (Å²) >= 11 is 1.47. The maximum absolute atomic E-state index is 13.2.